The maximum Gasteiger partial charge on any atom is 0.216 e. The number of hydrogen-bond donors (Lipinski definition) is 2. The summed E-state index contributed by atoms with van der Waals surface area (Å²) in [7, 11) is 0. The van der Waals surface area contributed by atoms with Crippen LogP contribution < -0.4 is 5.32 Å². The van der Waals surface area contributed by atoms with Crippen LogP contribution in [0, 0.1) is 0 Å². The van der Waals surface area contributed by atoms with Crippen molar-refractivity contribution in [2.24, 2.45) is 0 Å². The molecule has 2 saturated heterocycles. The van der Waals surface area contributed by atoms with Crippen molar-refractivity contribution >= 4 is 12.4 Å². The van der Waals surface area contributed by atoms with E-state index >= 15 is 0 Å². The van der Waals surface area contributed by atoms with Crippen molar-refractivity contribution in [2.75, 3.05) is 26.2 Å². The second-order valence-corrected chi connectivity index (χ2v) is 3.42. The summed E-state index contributed by atoms with van der Waals surface area (Å²) >= 11 is 0. The SMILES string of the molecule is Cl.OC1OCCN1C1CCNCC1. The first kappa shape index (κ1) is 11.2. The van der Waals surface area contributed by atoms with E-state index in [0.29, 0.717) is 12.6 Å². The van der Waals surface area contributed by atoms with Crippen molar-refractivity contribution in [3.63, 3.8) is 0 Å². The molecular weight excluding hydrogens is 192 g/mol. The number of aliphatic hydroxyl groups is 1. The maximum atomic E-state index is 9.42. The van der Waals surface area contributed by atoms with Crippen LogP contribution in [-0.2, 0) is 4.74 Å². The quantitative estimate of drug-likeness (QED) is 0.625. The van der Waals surface area contributed by atoms with E-state index in [1.165, 1.54) is 0 Å². The summed E-state index contributed by atoms with van der Waals surface area (Å²) in [6, 6.07) is 0.517. The Hall–Kier alpha value is 0.130. The summed E-state index contributed by atoms with van der Waals surface area (Å²) in [5.74, 6) is 0. The van der Waals surface area contributed by atoms with Crippen LogP contribution in [0.15, 0.2) is 0 Å². The summed E-state index contributed by atoms with van der Waals surface area (Å²) in [5, 5.41) is 12.7. The van der Waals surface area contributed by atoms with Gasteiger partial charge in [0.2, 0.25) is 6.41 Å². The van der Waals surface area contributed by atoms with E-state index in [-0.39, 0.29) is 12.4 Å². The summed E-state index contributed by atoms with van der Waals surface area (Å²) in [4.78, 5) is 2.06. The van der Waals surface area contributed by atoms with Gasteiger partial charge in [-0.05, 0) is 25.9 Å². The summed E-state index contributed by atoms with van der Waals surface area (Å²) in [6.07, 6.45) is 1.61. The predicted octanol–water partition coefficient (Wildman–Crippen LogP) is -0.232. The zero-order valence-corrected chi connectivity index (χ0v) is 8.42. The average molecular weight is 209 g/mol. The molecule has 0 amide bonds. The van der Waals surface area contributed by atoms with Crippen LogP contribution in [0.25, 0.3) is 0 Å². The molecule has 4 nitrogen and oxygen atoms in total. The fourth-order valence-corrected chi connectivity index (χ4v) is 1.97. The third-order valence-corrected chi connectivity index (χ3v) is 2.68. The predicted molar refractivity (Wildman–Crippen MR) is 51.8 cm³/mol. The summed E-state index contributed by atoms with van der Waals surface area (Å²) < 4.78 is 5.08. The smallest absolute Gasteiger partial charge is 0.216 e. The highest BCUT2D eigenvalue weighted by molar-refractivity contribution is 5.85. The molecule has 2 rings (SSSR count). The van der Waals surface area contributed by atoms with Gasteiger partial charge in [0.1, 0.15) is 0 Å². The van der Waals surface area contributed by atoms with Gasteiger partial charge in [-0.15, -0.1) is 12.4 Å². The van der Waals surface area contributed by atoms with Gasteiger partial charge in [-0.2, -0.15) is 0 Å². The molecule has 2 fully saturated rings. The average Bonchev–Trinajstić information content (AvgIpc) is 2.53. The van der Waals surface area contributed by atoms with Crippen LogP contribution in [0.1, 0.15) is 12.8 Å². The first-order valence-corrected chi connectivity index (χ1v) is 4.64. The van der Waals surface area contributed by atoms with E-state index in [4.69, 9.17) is 4.74 Å². The standard InChI is InChI=1S/C8H16N2O2.ClH/c11-8-10(5-6-12-8)7-1-3-9-4-2-7;/h7-9,11H,1-6H2;1H. The Labute approximate surface area is 84.7 Å². The van der Waals surface area contributed by atoms with Crippen molar-refractivity contribution in [3.8, 4) is 0 Å². The molecule has 0 aromatic heterocycles. The topological polar surface area (TPSA) is 44.7 Å². The fraction of sp³-hybridized carbons (Fsp3) is 1.00. The van der Waals surface area contributed by atoms with Gasteiger partial charge in [0.15, 0.2) is 0 Å². The fourth-order valence-electron chi connectivity index (χ4n) is 1.97. The van der Waals surface area contributed by atoms with Gasteiger partial charge in [-0.25, -0.2) is 4.90 Å². The van der Waals surface area contributed by atoms with Crippen molar-refractivity contribution in [2.45, 2.75) is 25.3 Å². The zero-order valence-electron chi connectivity index (χ0n) is 7.61. The molecule has 13 heavy (non-hydrogen) atoms. The van der Waals surface area contributed by atoms with Crippen LogP contribution >= 0.6 is 12.4 Å². The molecule has 2 heterocycles. The summed E-state index contributed by atoms with van der Waals surface area (Å²) in [5.41, 5.74) is 0. The third-order valence-electron chi connectivity index (χ3n) is 2.68. The minimum absolute atomic E-state index is 0. The first-order valence-electron chi connectivity index (χ1n) is 4.64. The van der Waals surface area contributed by atoms with E-state index in [1.807, 2.05) is 0 Å². The highest BCUT2D eigenvalue weighted by atomic mass is 35.5. The molecule has 78 valence electrons. The van der Waals surface area contributed by atoms with Crippen molar-refractivity contribution < 1.29 is 9.84 Å². The van der Waals surface area contributed by atoms with Gasteiger partial charge in [0.25, 0.3) is 0 Å². The van der Waals surface area contributed by atoms with E-state index in [9.17, 15) is 5.11 Å². The Bertz CT molecular complexity index is 153. The Morgan fingerprint density at radius 2 is 2.00 bits per heavy atom. The number of nitrogens with one attached hydrogen (secondary N) is 1. The Balaban J connectivity index is 0.000000845. The van der Waals surface area contributed by atoms with Crippen molar-refractivity contribution in [1.82, 2.24) is 10.2 Å². The Morgan fingerprint density at radius 1 is 1.31 bits per heavy atom. The number of aliphatic hydroxyl groups excluding tert-OH is 1. The van der Waals surface area contributed by atoms with Gasteiger partial charge >= 0.3 is 0 Å². The van der Waals surface area contributed by atoms with Crippen LogP contribution in [0.5, 0.6) is 0 Å². The molecule has 0 aromatic carbocycles. The van der Waals surface area contributed by atoms with Gasteiger partial charge in [0, 0.05) is 12.6 Å². The van der Waals surface area contributed by atoms with E-state index in [0.717, 1.165) is 32.5 Å². The number of ether oxygens (including phenoxy) is 1. The third kappa shape index (κ3) is 2.54. The molecule has 0 saturated carbocycles. The largest absolute Gasteiger partial charge is 0.356 e. The van der Waals surface area contributed by atoms with Gasteiger partial charge < -0.3 is 15.2 Å². The van der Waals surface area contributed by atoms with Crippen LogP contribution in [0.2, 0.25) is 0 Å². The monoisotopic (exact) mass is 208 g/mol. The van der Waals surface area contributed by atoms with Gasteiger partial charge in [-0.3, -0.25) is 0 Å². The normalized spacial score (nSPS) is 31.6. The molecule has 2 N–H and O–H groups in total. The lowest BCUT2D eigenvalue weighted by molar-refractivity contribution is -0.147. The van der Waals surface area contributed by atoms with Crippen LogP contribution in [-0.4, -0.2) is 48.7 Å². The lowest BCUT2D eigenvalue weighted by atomic mass is 10.1. The highest BCUT2D eigenvalue weighted by Gasteiger charge is 2.30. The van der Waals surface area contributed by atoms with E-state index < -0.39 is 6.41 Å². The lowest BCUT2D eigenvalue weighted by Crippen LogP contribution is -2.45. The minimum Gasteiger partial charge on any atom is -0.356 e. The van der Waals surface area contributed by atoms with Crippen molar-refractivity contribution in [1.29, 1.82) is 0 Å². The molecular formula is C8H17ClN2O2. The number of hydrogen-bond acceptors (Lipinski definition) is 4. The van der Waals surface area contributed by atoms with E-state index in [2.05, 4.69) is 10.2 Å². The Kier molecular flexibility index (Phi) is 4.41. The molecule has 0 radical (unpaired) electrons. The van der Waals surface area contributed by atoms with Gasteiger partial charge in [0.05, 0.1) is 6.61 Å². The molecule has 0 aliphatic carbocycles. The second kappa shape index (κ2) is 5.12. The van der Waals surface area contributed by atoms with Crippen molar-refractivity contribution in [3.05, 3.63) is 0 Å². The molecule has 2 aliphatic heterocycles. The maximum absolute atomic E-state index is 9.42. The van der Waals surface area contributed by atoms with E-state index in [1.54, 1.807) is 0 Å². The molecule has 0 bridgehead atoms. The highest BCUT2D eigenvalue weighted by Crippen LogP contribution is 2.17. The Morgan fingerprint density at radius 3 is 2.54 bits per heavy atom. The molecule has 2 aliphatic rings. The lowest BCUT2D eigenvalue weighted by Gasteiger charge is -2.32. The number of rotatable bonds is 1. The summed E-state index contributed by atoms with van der Waals surface area (Å²) in [6.45, 7) is 3.68. The second-order valence-electron chi connectivity index (χ2n) is 3.42. The molecule has 5 heteroatoms. The molecule has 0 spiro atoms. The zero-order chi connectivity index (χ0) is 8.39. The molecule has 1 unspecified atom stereocenters. The minimum atomic E-state index is -0.645. The van der Waals surface area contributed by atoms with Gasteiger partial charge in [-0.1, -0.05) is 0 Å². The number of piperidine rings is 1. The first-order chi connectivity index (χ1) is 5.88. The number of halogens is 1. The van der Waals surface area contributed by atoms with Crippen LogP contribution in [0.4, 0.5) is 0 Å². The number of nitrogens with zero attached hydrogens (tertiary/aromatic N) is 1. The molecule has 1 atom stereocenters. The van der Waals surface area contributed by atoms with Crippen LogP contribution in [0.3, 0.4) is 0 Å². The molecule has 0 aromatic rings.